The third-order valence-corrected chi connectivity index (χ3v) is 1.09. The zero-order chi connectivity index (χ0) is 19.7. The van der Waals surface area contributed by atoms with Crippen LogP contribution in [-0.2, 0) is 28.8 Å². The molecule has 0 heterocycles. The van der Waals surface area contributed by atoms with Crippen LogP contribution < -0.4 is 15.3 Å². The van der Waals surface area contributed by atoms with Crippen LogP contribution >= 0.6 is 0 Å². The maximum absolute atomic E-state index is 9.53. The molecule has 0 fully saturated rings. The number of carboxylic acid groups (broad SMARTS) is 6. The van der Waals surface area contributed by atoms with Gasteiger partial charge in [-0.1, -0.05) is 0 Å². The molecule has 0 rings (SSSR count). The van der Waals surface area contributed by atoms with Crippen LogP contribution in [0.5, 0.6) is 0 Å². The Morgan fingerprint density at radius 3 is 0.680 bits per heavy atom. The van der Waals surface area contributed by atoms with Gasteiger partial charge in [-0.15, -0.1) is 0 Å². The van der Waals surface area contributed by atoms with Crippen molar-refractivity contribution in [1.82, 2.24) is 0 Å². The van der Waals surface area contributed by atoms with E-state index in [4.69, 9.17) is 15.3 Å². The molecule has 0 bridgehead atoms. The molecular weight excluding hydrogens is 480 g/mol. The van der Waals surface area contributed by atoms with E-state index < -0.39 is 35.8 Å². The standard InChI is InChI=1S/3C4H4O4.Nd/c3*5-3(6)1-2-4(7)8;/h3*1-2H,(H,5,6)(H,7,8);/q;;;+3/p-3/b3*2-1-;. The van der Waals surface area contributed by atoms with Crippen LogP contribution in [0.15, 0.2) is 36.5 Å². The summed E-state index contributed by atoms with van der Waals surface area (Å²) in [6.45, 7) is 0. The van der Waals surface area contributed by atoms with Crippen LogP contribution in [0.4, 0.5) is 0 Å². The number of aliphatic carboxylic acids is 6. The second-order valence-corrected chi connectivity index (χ2v) is 2.97. The summed E-state index contributed by atoms with van der Waals surface area (Å²) in [5, 5.41) is 51.7. The normalized spacial score (nSPS) is 9.12. The summed E-state index contributed by atoms with van der Waals surface area (Å²) in [7, 11) is 0. The Morgan fingerprint density at radius 1 is 0.480 bits per heavy atom. The summed E-state index contributed by atoms with van der Waals surface area (Å²) in [5.41, 5.74) is 0. The minimum Gasteiger partial charge on any atom is -0.545 e. The van der Waals surface area contributed by atoms with Crippen LogP contribution in [0.25, 0.3) is 0 Å². The van der Waals surface area contributed by atoms with Crippen molar-refractivity contribution in [2.24, 2.45) is 0 Å². The van der Waals surface area contributed by atoms with E-state index >= 15 is 0 Å². The Morgan fingerprint density at radius 2 is 0.640 bits per heavy atom. The fourth-order valence-electron chi connectivity index (χ4n) is 0.418. The molecule has 0 aromatic rings. The first-order valence-electron chi connectivity index (χ1n) is 5.24. The quantitative estimate of drug-likeness (QED) is 0.298. The minimum absolute atomic E-state index is 0. The van der Waals surface area contributed by atoms with E-state index in [0.29, 0.717) is 36.5 Å². The molecule has 0 unspecified atom stereocenters. The molecule has 0 amide bonds. The van der Waals surface area contributed by atoms with Gasteiger partial charge >= 0.3 is 58.7 Å². The zero-order valence-electron chi connectivity index (χ0n) is 12.0. The Kier molecular flexibility index (Phi) is 23.6. The molecule has 0 aromatic heterocycles. The second kappa shape index (κ2) is 19.4. The molecule has 0 spiro atoms. The molecule has 0 aromatic carbocycles. The summed E-state index contributed by atoms with van der Waals surface area (Å²) in [5.74, 6) is -8.41. The fourth-order valence-corrected chi connectivity index (χ4v) is 0.418. The van der Waals surface area contributed by atoms with Crippen LogP contribution in [0.1, 0.15) is 0 Å². The Labute approximate surface area is 171 Å². The van der Waals surface area contributed by atoms with Crippen LogP contribution in [-0.4, -0.2) is 51.1 Å². The first kappa shape index (κ1) is 30.3. The third-order valence-electron chi connectivity index (χ3n) is 1.09. The Hall–Kier alpha value is -2.61. The van der Waals surface area contributed by atoms with Crippen LogP contribution in [0.3, 0.4) is 0 Å². The number of carbonyl (C=O) groups is 6. The van der Waals surface area contributed by atoms with Gasteiger partial charge in [0.15, 0.2) is 0 Å². The topological polar surface area (TPSA) is 232 Å². The average Bonchev–Trinajstić information content (AvgIpc) is 2.42. The molecule has 12 nitrogen and oxygen atoms in total. The molecular formula is C12H9NdO12. The van der Waals surface area contributed by atoms with Gasteiger partial charge in [0.25, 0.3) is 0 Å². The van der Waals surface area contributed by atoms with E-state index in [1.807, 2.05) is 0 Å². The van der Waals surface area contributed by atoms with Crippen molar-refractivity contribution < 1.29 is 100 Å². The first-order valence-corrected chi connectivity index (χ1v) is 5.24. The molecule has 0 aliphatic heterocycles. The van der Waals surface area contributed by atoms with Gasteiger partial charge in [-0.05, 0) is 18.2 Å². The van der Waals surface area contributed by atoms with Crippen molar-refractivity contribution in [1.29, 1.82) is 0 Å². The molecule has 133 valence electrons. The maximum atomic E-state index is 9.53. The monoisotopic (exact) mass is 487 g/mol. The fraction of sp³-hybridized carbons (Fsp3) is 0. The Balaban J connectivity index is -0.000000130. The van der Waals surface area contributed by atoms with Crippen molar-refractivity contribution >= 4 is 35.8 Å². The van der Waals surface area contributed by atoms with E-state index in [0.717, 1.165) is 0 Å². The summed E-state index contributed by atoms with van der Waals surface area (Å²) < 4.78 is 0. The molecule has 13 heteroatoms. The molecule has 0 aliphatic carbocycles. The third kappa shape index (κ3) is 52.4. The van der Waals surface area contributed by atoms with Gasteiger partial charge in [-0.25, -0.2) is 14.4 Å². The van der Waals surface area contributed by atoms with Gasteiger partial charge in [-0.3, -0.25) is 0 Å². The van der Waals surface area contributed by atoms with Gasteiger partial charge in [0, 0.05) is 18.2 Å². The van der Waals surface area contributed by atoms with Gasteiger partial charge in [0.05, 0.1) is 17.9 Å². The number of rotatable bonds is 6. The van der Waals surface area contributed by atoms with Crippen molar-refractivity contribution in [3.05, 3.63) is 36.5 Å². The summed E-state index contributed by atoms with van der Waals surface area (Å²) >= 11 is 0. The van der Waals surface area contributed by atoms with E-state index in [-0.39, 0.29) is 40.8 Å². The summed E-state index contributed by atoms with van der Waals surface area (Å²) in [6, 6.07) is 0. The summed E-state index contributed by atoms with van der Waals surface area (Å²) in [4.78, 5) is 56.9. The minimum atomic E-state index is -1.51. The second-order valence-electron chi connectivity index (χ2n) is 2.97. The van der Waals surface area contributed by atoms with E-state index in [2.05, 4.69) is 0 Å². The van der Waals surface area contributed by atoms with Crippen molar-refractivity contribution in [2.75, 3.05) is 0 Å². The number of carboxylic acids is 6. The van der Waals surface area contributed by atoms with Gasteiger partial charge < -0.3 is 45.0 Å². The van der Waals surface area contributed by atoms with Gasteiger partial charge in [-0.2, -0.15) is 0 Å². The Bertz CT molecular complexity index is 444. The predicted molar refractivity (Wildman–Crippen MR) is 65.3 cm³/mol. The van der Waals surface area contributed by atoms with Crippen LogP contribution in [0.2, 0.25) is 0 Å². The first-order chi connectivity index (χ1) is 10.9. The molecule has 0 atom stereocenters. The zero-order valence-corrected chi connectivity index (χ0v) is 15.2. The van der Waals surface area contributed by atoms with E-state index in [9.17, 15) is 44.1 Å². The van der Waals surface area contributed by atoms with Crippen LogP contribution in [0, 0.1) is 40.8 Å². The molecule has 25 heavy (non-hydrogen) atoms. The molecule has 0 saturated carbocycles. The van der Waals surface area contributed by atoms with E-state index in [1.165, 1.54) is 0 Å². The molecule has 1 radical (unpaired) electrons. The molecule has 0 saturated heterocycles. The summed E-state index contributed by atoms with van der Waals surface area (Å²) in [6.07, 6.45) is 2.83. The van der Waals surface area contributed by atoms with Crippen molar-refractivity contribution in [3.8, 4) is 0 Å². The molecule has 3 N–H and O–H groups in total. The smallest absolute Gasteiger partial charge is 0.545 e. The average molecular weight is 489 g/mol. The maximum Gasteiger partial charge on any atom is 3.00 e. The SMILES string of the molecule is O=C([O-])/C=C\C(=O)O.O=C([O-])/C=C\C(=O)O.O=C([O-])/C=C\C(=O)O.[Nd+3]. The van der Waals surface area contributed by atoms with Crippen molar-refractivity contribution in [3.63, 3.8) is 0 Å². The number of hydrogen-bond acceptors (Lipinski definition) is 9. The molecule has 0 aliphatic rings. The van der Waals surface area contributed by atoms with Gasteiger partial charge in [0.1, 0.15) is 0 Å². The predicted octanol–water partition coefficient (Wildman–Crippen LogP) is -4.87. The van der Waals surface area contributed by atoms with E-state index in [1.54, 1.807) is 0 Å². The largest absolute Gasteiger partial charge is 3.00 e. The number of hydrogen-bond donors (Lipinski definition) is 3. The number of carbonyl (C=O) groups excluding carboxylic acids is 3. The van der Waals surface area contributed by atoms with Gasteiger partial charge in [0.2, 0.25) is 0 Å². The van der Waals surface area contributed by atoms with Crippen molar-refractivity contribution in [2.45, 2.75) is 0 Å².